The number of allylic oxidation sites excluding steroid dienone is 1. The van der Waals surface area contributed by atoms with Gasteiger partial charge in [-0.1, -0.05) is 40.2 Å². The maximum absolute atomic E-state index is 11.4. The van der Waals surface area contributed by atoms with Crippen molar-refractivity contribution in [2.45, 2.75) is 57.8 Å². The predicted octanol–water partition coefficient (Wildman–Crippen LogP) is 9.53. The van der Waals surface area contributed by atoms with Crippen molar-refractivity contribution in [3.8, 4) is 23.0 Å². The van der Waals surface area contributed by atoms with Gasteiger partial charge in [0, 0.05) is 29.5 Å². The molecule has 7 nitrogen and oxygen atoms in total. The minimum absolute atomic E-state index is 0. The number of fused-ring (bicyclic) bond motifs is 2. The molecule has 2 fully saturated rings. The zero-order valence-electron chi connectivity index (χ0n) is 34.7. The molecule has 0 N–H and O–H groups in total. The molecule has 0 atom stereocenters. The molecule has 2 saturated heterocycles. The molecule has 4 aromatic carbocycles. The summed E-state index contributed by atoms with van der Waals surface area (Å²) in [5.41, 5.74) is 7.27. The number of carbonyl (C=O) groups is 1. The van der Waals surface area contributed by atoms with Crippen LogP contribution in [0.3, 0.4) is 0 Å². The summed E-state index contributed by atoms with van der Waals surface area (Å²) in [4.78, 5) is 16.4. The molecule has 2 aliphatic heterocycles. The van der Waals surface area contributed by atoms with Crippen molar-refractivity contribution in [1.29, 1.82) is 0 Å². The van der Waals surface area contributed by atoms with E-state index in [0.717, 1.165) is 90.6 Å². The van der Waals surface area contributed by atoms with Crippen molar-refractivity contribution < 1.29 is 26.6 Å². The molecule has 55 heavy (non-hydrogen) atoms. The average molecular weight is 822 g/mol. The molecule has 0 amide bonds. The Hall–Kier alpha value is -3.34. The third-order valence-corrected chi connectivity index (χ3v) is 11.1. The third kappa shape index (κ3) is 12.8. The number of ketones is 1. The average Bonchev–Trinajstić information content (AvgIpc) is 3.94. The Morgan fingerprint density at radius 2 is 1.09 bits per heavy atom. The minimum atomic E-state index is 0. The summed E-state index contributed by atoms with van der Waals surface area (Å²) in [6, 6.07) is 28.6. The van der Waals surface area contributed by atoms with Crippen LogP contribution in [-0.4, -0.2) is 105 Å². The predicted molar refractivity (Wildman–Crippen MR) is 230 cm³/mol. The second kappa shape index (κ2) is 22.4. The van der Waals surface area contributed by atoms with Crippen molar-refractivity contribution in [2.75, 3.05) is 66.7 Å². The van der Waals surface area contributed by atoms with E-state index < -0.39 is 0 Å². The van der Waals surface area contributed by atoms with Crippen molar-refractivity contribution in [3.63, 3.8) is 0 Å². The van der Waals surface area contributed by atoms with Crippen LogP contribution in [-0.2, 0) is 12.8 Å². The molecule has 290 valence electrons. The fraction of sp³-hybridized carbons (Fsp3) is 0.413. The zero-order chi connectivity index (χ0) is 37.5. The van der Waals surface area contributed by atoms with Gasteiger partial charge in [0.2, 0.25) is 0 Å². The number of Topliss-reactive ketones (excluding diaryl/α,β-unsaturated/α-hetero) is 1. The first-order valence-electron chi connectivity index (χ1n) is 19.6. The number of halogens is 1. The molecule has 2 aliphatic carbocycles. The fourth-order valence-electron chi connectivity index (χ4n) is 7.53. The van der Waals surface area contributed by atoms with Gasteiger partial charge in [-0.05, 0) is 172 Å². The molecule has 4 aliphatic rings. The standard InChI is InChI=1S/C23H27NO2.C12H16BrNO.C11H12O2.Mg.2H/c1-25-21-11-12-23-19(17-21)5-4-6-22(23)18-7-9-20(10-8-18)26-16-15-24-13-2-3-14-24;13-11-3-5-12(6-4-11)15-10-9-14-7-1-2-8-14;1-13-9-5-6-10-8(7-9)3-2-4-11(10)12;;;/h6-12,17H,2-5,13-16H2,1H3;3-6H,1-2,7-10H2;5-7H,2-4H2,1H3;;;/q;;;+2;2*-1. The molecular formula is C46H57BrMgN2O5. The molecule has 2 heterocycles. The number of likely N-dealkylation sites (tertiary alicyclic amines) is 2. The van der Waals surface area contributed by atoms with Gasteiger partial charge in [0.05, 0.1) is 14.2 Å². The number of aryl methyl sites for hydroxylation is 2. The van der Waals surface area contributed by atoms with Gasteiger partial charge >= 0.3 is 23.1 Å². The van der Waals surface area contributed by atoms with Gasteiger partial charge in [0.1, 0.15) is 36.2 Å². The van der Waals surface area contributed by atoms with E-state index in [4.69, 9.17) is 18.9 Å². The monoisotopic (exact) mass is 820 g/mol. The van der Waals surface area contributed by atoms with E-state index in [9.17, 15) is 4.79 Å². The van der Waals surface area contributed by atoms with Gasteiger partial charge in [0.25, 0.3) is 0 Å². The van der Waals surface area contributed by atoms with Crippen LogP contribution in [0, 0.1) is 0 Å². The summed E-state index contributed by atoms with van der Waals surface area (Å²) in [5.74, 6) is 3.96. The maximum Gasteiger partial charge on any atom is 2.00 e. The summed E-state index contributed by atoms with van der Waals surface area (Å²) in [6.45, 7) is 8.57. The van der Waals surface area contributed by atoms with Gasteiger partial charge in [0.15, 0.2) is 5.78 Å². The quantitative estimate of drug-likeness (QED) is 0.140. The molecular weight excluding hydrogens is 765 g/mol. The van der Waals surface area contributed by atoms with Crippen molar-refractivity contribution in [2.24, 2.45) is 0 Å². The second-order valence-corrected chi connectivity index (χ2v) is 15.2. The van der Waals surface area contributed by atoms with Gasteiger partial charge in [-0.25, -0.2) is 0 Å². The Labute approximate surface area is 355 Å². The number of hydrogen-bond acceptors (Lipinski definition) is 7. The number of methoxy groups -OCH3 is 2. The number of ether oxygens (including phenoxy) is 4. The summed E-state index contributed by atoms with van der Waals surface area (Å²) in [5, 5.41) is 0. The molecule has 9 heteroatoms. The van der Waals surface area contributed by atoms with Crippen molar-refractivity contribution in [1.82, 2.24) is 9.80 Å². The SMILES string of the molecule is Brc1ccc(OCCN2CCCC2)cc1.COc1ccc2c(c1)CCC=C2c1ccc(OCCN2CCCC2)cc1.COc1ccc2c(c1)CCCC2=O.[H-].[H-].[Mg+2]. The Kier molecular flexibility index (Phi) is 17.4. The largest absolute Gasteiger partial charge is 2.00 e. The third-order valence-electron chi connectivity index (χ3n) is 10.6. The summed E-state index contributed by atoms with van der Waals surface area (Å²) in [6.07, 6.45) is 12.5. The van der Waals surface area contributed by atoms with E-state index in [2.05, 4.69) is 68.2 Å². The van der Waals surface area contributed by atoms with Gasteiger partial charge in [-0.15, -0.1) is 0 Å². The molecule has 0 saturated carbocycles. The zero-order valence-corrected chi connectivity index (χ0v) is 35.7. The molecule has 0 unspecified atom stereocenters. The minimum Gasteiger partial charge on any atom is -1.00 e. The van der Waals surface area contributed by atoms with E-state index >= 15 is 0 Å². The first kappa shape index (κ1) is 42.8. The molecule has 4 aromatic rings. The summed E-state index contributed by atoms with van der Waals surface area (Å²) in [7, 11) is 3.37. The van der Waals surface area contributed by atoms with Gasteiger partial charge in [-0.2, -0.15) is 0 Å². The Morgan fingerprint density at radius 1 is 0.600 bits per heavy atom. The Bertz CT molecular complexity index is 1830. The molecule has 0 radical (unpaired) electrons. The maximum atomic E-state index is 11.4. The van der Waals surface area contributed by atoms with Crippen LogP contribution >= 0.6 is 15.9 Å². The molecule has 0 bridgehead atoms. The van der Waals surface area contributed by atoms with Crippen LogP contribution in [0.5, 0.6) is 23.0 Å². The number of rotatable bonds is 11. The van der Waals surface area contributed by atoms with E-state index in [1.807, 2.05) is 48.5 Å². The molecule has 0 aromatic heterocycles. The fourth-order valence-corrected chi connectivity index (χ4v) is 7.80. The van der Waals surface area contributed by atoms with Crippen molar-refractivity contribution in [3.05, 3.63) is 123 Å². The van der Waals surface area contributed by atoms with E-state index in [-0.39, 0.29) is 31.7 Å². The van der Waals surface area contributed by atoms with Gasteiger partial charge < -0.3 is 21.8 Å². The summed E-state index contributed by atoms with van der Waals surface area (Å²) < 4.78 is 23.2. The van der Waals surface area contributed by atoms with Gasteiger partial charge in [-0.3, -0.25) is 14.6 Å². The van der Waals surface area contributed by atoms with E-state index in [1.165, 1.54) is 74.1 Å². The number of carbonyl (C=O) groups excluding carboxylic acids is 1. The van der Waals surface area contributed by atoms with E-state index in [0.29, 0.717) is 6.42 Å². The normalized spacial score (nSPS) is 16.2. The van der Waals surface area contributed by atoms with Crippen LogP contribution in [0.1, 0.15) is 80.4 Å². The van der Waals surface area contributed by atoms with Crippen molar-refractivity contribution >= 4 is 50.3 Å². The number of benzene rings is 4. The first-order chi connectivity index (χ1) is 26.5. The van der Waals surface area contributed by atoms with E-state index in [1.54, 1.807) is 14.2 Å². The number of nitrogens with zero attached hydrogens (tertiary/aromatic N) is 2. The molecule has 8 rings (SSSR count). The Morgan fingerprint density at radius 3 is 1.64 bits per heavy atom. The van der Waals surface area contributed by atoms with Crippen LogP contribution < -0.4 is 18.9 Å². The van der Waals surface area contributed by atoms with Crippen LogP contribution in [0.15, 0.2) is 95.5 Å². The van der Waals surface area contributed by atoms with Crippen LogP contribution in [0.25, 0.3) is 5.57 Å². The smallest absolute Gasteiger partial charge is 1.00 e. The number of hydrogen-bond donors (Lipinski definition) is 0. The van der Waals surface area contributed by atoms with Crippen LogP contribution in [0.2, 0.25) is 0 Å². The summed E-state index contributed by atoms with van der Waals surface area (Å²) >= 11 is 3.40. The first-order valence-corrected chi connectivity index (χ1v) is 20.4. The second-order valence-electron chi connectivity index (χ2n) is 14.3. The van der Waals surface area contributed by atoms with Crippen LogP contribution in [0.4, 0.5) is 0 Å². The molecule has 0 spiro atoms. The topological polar surface area (TPSA) is 60.5 Å². The Balaban J connectivity index is 0.000000241.